The summed E-state index contributed by atoms with van der Waals surface area (Å²) in [6, 6.07) is 0. The van der Waals surface area contributed by atoms with E-state index < -0.39 is 10.0 Å². The Morgan fingerprint density at radius 1 is 1.50 bits per heavy atom. The normalized spacial score (nSPS) is 22.9. The molecule has 2 heterocycles. The summed E-state index contributed by atoms with van der Waals surface area (Å²) in [5.74, 6) is 0.445. The van der Waals surface area contributed by atoms with E-state index in [-0.39, 0.29) is 0 Å². The third-order valence-corrected chi connectivity index (χ3v) is 6.74. The van der Waals surface area contributed by atoms with Crippen molar-refractivity contribution in [3.8, 4) is 0 Å². The van der Waals surface area contributed by atoms with Crippen LogP contribution in [0.4, 0.5) is 0 Å². The highest BCUT2D eigenvalue weighted by Crippen LogP contribution is 2.26. The molecule has 0 aromatic carbocycles. The van der Waals surface area contributed by atoms with Crippen LogP contribution >= 0.6 is 11.3 Å². The quantitative estimate of drug-likeness (QED) is 0.858. The van der Waals surface area contributed by atoms with Crippen molar-refractivity contribution in [2.45, 2.75) is 43.7 Å². The molecule has 1 unspecified atom stereocenters. The maximum atomic E-state index is 12.5. The lowest BCUT2D eigenvalue weighted by atomic mass is 10.1. The second-order valence-electron chi connectivity index (χ2n) is 4.89. The van der Waals surface area contributed by atoms with E-state index in [1.807, 2.05) is 6.92 Å². The zero-order chi connectivity index (χ0) is 13.2. The summed E-state index contributed by atoms with van der Waals surface area (Å²) in [5, 5.41) is 0.886. The molecule has 0 amide bonds. The second-order valence-corrected chi connectivity index (χ2v) is 8.17. The lowest BCUT2D eigenvalue weighted by molar-refractivity contribution is 0.381. The lowest BCUT2D eigenvalue weighted by Crippen LogP contribution is -2.33. The van der Waals surface area contributed by atoms with E-state index in [1.54, 1.807) is 4.31 Å². The number of hydrogen-bond acceptors (Lipinski definition) is 4. The molecule has 2 rings (SSSR count). The van der Waals surface area contributed by atoms with Gasteiger partial charge in [0.2, 0.25) is 0 Å². The summed E-state index contributed by atoms with van der Waals surface area (Å²) in [7, 11) is -3.32. The largest absolute Gasteiger partial charge is 0.254 e. The van der Waals surface area contributed by atoms with Gasteiger partial charge in [-0.05, 0) is 25.2 Å². The first-order valence-electron chi connectivity index (χ1n) is 6.49. The Kier molecular flexibility index (Phi) is 4.40. The van der Waals surface area contributed by atoms with Gasteiger partial charge in [0.05, 0.1) is 11.2 Å². The van der Waals surface area contributed by atoms with Gasteiger partial charge in [-0.25, -0.2) is 13.4 Å². The Bertz CT molecular complexity index is 496. The number of hydrogen-bond donors (Lipinski definition) is 0. The summed E-state index contributed by atoms with van der Waals surface area (Å²) < 4.78 is 27.1. The molecule has 102 valence electrons. The number of nitrogens with zero attached hydrogens (tertiary/aromatic N) is 2. The van der Waals surface area contributed by atoms with Crippen LogP contribution in [-0.4, -0.2) is 30.8 Å². The van der Waals surface area contributed by atoms with Crippen molar-refractivity contribution < 1.29 is 8.42 Å². The molecule has 0 bridgehead atoms. The first-order chi connectivity index (χ1) is 8.54. The number of sulfonamides is 1. The van der Waals surface area contributed by atoms with Gasteiger partial charge in [-0.1, -0.05) is 20.3 Å². The Morgan fingerprint density at radius 2 is 2.28 bits per heavy atom. The fourth-order valence-electron chi connectivity index (χ4n) is 2.23. The molecule has 0 saturated carbocycles. The molecular weight excluding hydrogens is 268 g/mol. The van der Waals surface area contributed by atoms with Crippen LogP contribution in [0.1, 0.15) is 38.1 Å². The van der Waals surface area contributed by atoms with Crippen molar-refractivity contribution in [3.63, 3.8) is 0 Å². The molecule has 0 radical (unpaired) electrons. The first kappa shape index (κ1) is 14.0. The summed E-state index contributed by atoms with van der Waals surface area (Å²) in [6.07, 6.45) is 5.50. The molecule has 0 aliphatic carbocycles. The number of aryl methyl sites for hydroxylation is 1. The number of thiazole rings is 1. The van der Waals surface area contributed by atoms with Gasteiger partial charge in [-0.15, -0.1) is 11.3 Å². The molecule has 18 heavy (non-hydrogen) atoms. The molecule has 1 fully saturated rings. The maximum Gasteiger partial charge on any atom is 0.254 e. The predicted molar refractivity (Wildman–Crippen MR) is 73.3 cm³/mol. The van der Waals surface area contributed by atoms with E-state index in [4.69, 9.17) is 0 Å². The lowest BCUT2D eigenvalue weighted by Gasteiger charge is -2.20. The Balaban J connectivity index is 2.23. The summed E-state index contributed by atoms with van der Waals surface area (Å²) in [4.78, 5) is 4.15. The minimum absolute atomic E-state index is 0.397. The molecule has 1 aliphatic heterocycles. The summed E-state index contributed by atoms with van der Waals surface area (Å²) in [6.45, 7) is 5.40. The van der Waals surface area contributed by atoms with Crippen molar-refractivity contribution in [3.05, 3.63) is 11.2 Å². The molecular formula is C12H20N2O2S2. The standard InChI is InChI=1S/C12H20N2O2S2/c1-3-11-13-8-12(17-11)18(15,16)14-7-5-4-6-10(2)9-14/h8,10H,3-7,9H2,1-2H3. The van der Waals surface area contributed by atoms with Crippen LogP contribution in [0, 0.1) is 5.92 Å². The smallest absolute Gasteiger partial charge is 0.248 e. The molecule has 6 heteroatoms. The average Bonchev–Trinajstić information content (AvgIpc) is 2.72. The van der Waals surface area contributed by atoms with Gasteiger partial charge in [0, 0.05) is 13.1 Å². The molecule has 1 aromatic rings. The second kappa shape index (κ2) is 5.67. The number of rotatable bonds is 3. The first-order valence-corrected chi connectivity index (χ1v) is 8.74. The van der Waals surface area contributed by atoms with E-state index in [2.05, 4.69) is 11.9 Å². The Hall–Kier alpha value is -0.460. The minimum Gasteiger partial charge on any atom is -0.248 e. The van der Waals surface area contributed by atoms with E-state index in [0.29, 0.717) is 23.2 Å². The average molecular weight is 288 g/mol. The zero-order valence-corrected chi connectivity index (χ0v) is 12.6. The third-order valence-electron chi connectivity index (χ3n) is 3.30. The molecule has 0 N–H and O–H groups in total. The summed E-state index contributed by atoms with van der Waals surface area (Å²) >= 11 is 1.30. The molecule has 4 nitrogen and oxygen atoms in total. The number of aromatic nitrogens is 1. The van der Waals surface area contributed by atoms with Gasteiger partial charge < -0.3 is 0 Å². The minimum atomic E-state index is -3.32. The topological polar surface area (TPSA) is 50.3 Å². The Morgan fingerprint density at radius 3 is 2.94 bits per heavy atom. The van der Waals surface area contributed by atoms with Crippen molar-refractivity contribution in [2.24, 2.45) is 5.92 Å². The highest BCUT2D eigenvalue weighted by atomic mass is 32.2. The van der Waals surface area contributed by atoms with Crippen molar-refractivity contribution in [2.75, 3.05) is 13.1 Å². The van der Waals surface area contributed by atoms with Crippen molar-refractivity contribution >= 4 is 21.4 Å². The molecule has 1 atom stereocenters. The van der Waals surface area contributed by atoms with E-state index in [9.17, 15) is 8.42 Å². The third kappa shape index (κ3) is 2.92. The van der Waals surface area contributed by atoms with Crippen LogP contribution in [0.2, 0.25) is 0 Å². The van der Waals surface area contributed by atoms with Crippen LogP contribution < -0.4 is 0 Å². The molecule has 1 aromatic heterocycles. The highest BCUT2D eigenvalue weighted by Gasteiger charge is 2.29. The van der Waals surface area contributed by atoms with Gasteiger partial charge in [-0.2, -0.15) is 4.31 Å². The Labute approximate surface area is 113 Å². The van der Waals surface area contributed by atoms with Gasteiger partial charge in [0.15, 0.2) is 4.21 Å². The van der Waals surface area contributed by atoms with Crippen LogP contribution in [0.5, 0.6) is 0 Å². The summed E-state index contributed by atoms with van der Waals surface area (Å²) in [5.41, 5.74) is 0. The fraction of sp³-hybridized carbons (Fsp3) is 0.750. The highest BCUT2D eigenvalue weighted by molar-refractivity contribution is 7.91. The zero-order valence-electron chi connectivity index (χ0n) is 10.9. The predicted octanol–water partition coefficient (Wildman–Crippen LogP) is 2.52. The molecule has 1 saturated heterocycles. The van der Waals surface area contributed by atoms with Crippen LogP contribution in [0.15, 0.2) is 10.4 Å². The molecule has 0 spiro atoms. The fourth-order valence-corrected chi connectivity index (χ4v) is 5.11. The van der Waals surface area contributed by atoms with E-state index in [0.717, 1.165) is 30.7 Å². The monoisotopic (exact) mass is 288 g/mol. The molecule has 1 aliphatic rings. The van der Waals surface area contributed by atoms with Crippen molar-refractivity contribution in [1.82, 2.24) is 9.29 Å². The van der Waals surface area contributed by atoms with Gasteiger partial charge in [0.25, 0.3) is 10.0 Å². The van der Waals surface area contributed by atoms with Crippen LogP contribution in [0.3, 0.4) is 0 Å². The van der Waals surface area contributed by atoms with Gasteiger partial charge in [-0.3, -0.25) is 0 Å². The van der Waals surface area contributed by atoms with Crippen LogP contribution in [-0.2, 0) is 16.4 Å². The van der Waals surface area contributed by atoms with Crippen molar-refractivity contribution in [1.29, 1.82) is 0 Å². The van der Waals surface area contributed by atoms with Gasteiger partial charge in [0.1, 0.15) is 0 Å². The van der Waals surface area contributed by atoms with E-state index >= 15 is 0 Å². The van der Waals surface area contributed by atoms with Gasteiger partial charge >= 0.3 is 0 Å². The van der Waals surface area contributed by atoms with Crippen LogP contribution in [0.25, 0.3) is 0 Å². The van der Waals surface area contributed by atoms with E-state index in [1.165, 1.54) is 17.5 Å². The maximum absolute atomic E-state index is 12.5. The SMILES string of the molecule is CCc1ncc(S(=O)(=O)N2CCCCC(C)C2)s1.